The lowest BCUT2D eigenvalue weighted by atomic mass is 10.9. The molecule has 48 valence electrons. The fourth-order valence-corrected chi connectivity index (χ4v) is 0.645. The molecule has 3 nitrogen and oxygen atoms in total. The summed E-state index contributed by atoms with van der Waals surface area (Å²) in [7, 11) is -1.27. The maximum absolute atomic E-state index is 10.3. The van der Waals surface area contributed by atoms with E-state index in [2.05, 4.69) is 0 Å². The lowest BCUT2D eigenvalue weighted by Crippen LogP contribution is -1.88. The third-order valence-electron chi connectivity index (χ3n) is 0.478. The van der Waals surface area contributed by atoms with Crippen molar-refractivity contribution in [1.82, 2.24) is 0 Å². The van der Waals surface area contributed by atoms with E-state index in [9.17, 15) is 4.21 Å². The fourth-order valence-electron chi connectivity index (χ4n) is 0.215. The van der Waals surface area contributed by atoms with Crippen molar-refractivity contribution in [2.45, 2.75) is 0 Å². The van der Waals surface area contributed by atoms with Crippen LogP contribution in [0, 0.1) is 0 Å². The van der Waals surface area contributed by atoms with Gasteiger partial charge in [0.05, 0.1) is 13.2 Å². The third kappa shape index (κ3) is 3.86. The van der Waals surface area contributed by atoms with Gasteiger partial charge in [0.1, 0.15) is 0 Å². The molecular weight excluding hydrogens is 128 g/mol. The van der Waals surface area contributed by atoms with Gasteiger partial charge in [-0.15, -0.1) is 0 Å². The number of aliphatic hydroxyl groups is 2. The first kappa shape index (κ1) is 7.68. The maximum Gasteiger partial charge on any atom is 0.0728 e. The number of rotatable bonds is 2. The van der Waals surface area contributed by atoms with Gasteiger partial charge in [-0.2, -0.15) is 0 Å². The van der Waals surface area contributed by atoms with Crippen molar-refractivity contribution < 1.29 is 14.4 Å². The van der Waals surface area contributed by atoms with Crippen LogP contribution in [0.5, 0.6) is 0 Å². The molecule has 0 radical (unpaired) electrons. The first-order valence-electron chi connectivity index (χ1n) is 2.09. The second-order valence-electron chi connectivity index (χ2n) is 1.03. The second kappa shape index (κ2) is 4.83. The van der Waals surface area contributed by atoms with Crippen LogP contribution in [0.4, 0.5) is 0 Å². The van der Waals surface area contributed by atoms with E-state index in [0.29, 0.717) is 0 Å². The Labute approximate surface area is 49.2 Å². The molecule has 0 bridgehead atoms. The van der Waals surface area contributed by atoms with E-state index < -0.39 is 9.98 Å². The molecule has 0 rings (SSSR count). The molecular formula is C4H8O3S. The Morgan fingerprint density at radius 1 is 1.25 bits per heavy atom. The molecule has 0 aliphatic rings. The zero-order chi connectivity index (χ0) is 6.41. The Morgan fingerprint density at radius 2 is 1.62 bits per heavy atom. The lowest BCUT2D eigenvalue weighted by molar-refractivity contribution is 0.363. The molecule has 4 heteroatoms. The molecule has 0 saturated carbocycles. The van der Waals surface area contributed by atoms with Gasteiger partial charge in [0.15, 0.2) is 0 Å². The zero-order valence-corrected chi connectivity index (χ0v) is 5.10. The molecule has 0 aromatic rings. The first-order chi connectivity index (χ1) is 3.81. The molecule has 0 unspecified atom stereocenters. The van der Waals surface area contributed by atoms with E-state index in [1.807, 2.05) is 0 Å². The Bertz CT molecular complexity index is 152. The third-order valence-corrected chi connectivity index (χ3v) is 1.43. The minimum Gasteiger partial charge on any atom is -0.391 e. The van der Waals surface area contributed by atoms with E-state index in [4.69, 9.17) is 10.2 Å². The largest absolute Gasteiger partial charge is 0.391 e. The van der Waals surface area contributed by atoms with Crippen molar-refractivity contribution in [2.24, 2.45) is 0 Å². The molecule has 0 saturated heterocycles. The Morgan fingerprint density at radius 3 is 1.88 bits per heavy atom. The van der Waals surface area contributed by atoms with Gasteiger partial charge < -0.3 is 10.2 Å². The molecule has 0 heterocycles. The minimum absolute atomic E-state index is 0.219. The van der Waals surface area contributed by atoms with Crippen LogP contribution in [0.15, 0.2) is 0 Å². The predicted octanol–water partition coefficient (Wildman–Crippen LogP) is -1.68. The zero-order valence-electron chi connectivity index (χ0n) is 4.28. The Hall–Kier alpha value is -0.320. The van der Waals surface area contributed by atoms with Crippen molar-refractivity contribution >= 4 is 20.7 Å². The molecule has 0 amide bonds. The number of hydrogen-bond donors (Lipinski definition) is 2. The predicted molar refractivity (Wildman–Crippen MR) is 34.4 cm³/mol. The molecule has 8 heavy (non-hydrogen) atoms. The quantitative estimate of drug-likeness (QED) is 0.446. The Kier molecular flexibility index (Phi) is 4.64. The average Bonchev–Trinajstić information content (AvgIpc) is 1.68. The normalized spacial score (nSPS) is 8.25. The monoisotopic (exact) mass is 136 g/mol. The van der Waals surface area contributed by atoms with Crippen LogP contribution in [0.1, 0.15) is 0 Å². The summed E-state index contributed by atoms with van der Waals surface area (Å²) in [4.78, 5) is 0. The fraction of sp³-hybridized carbons (Fsp3) is 0.500. The van der Waals surface area contributed by atoms with Gasteiger partial charge in [0.25, 0.3) is 0 Å². The summed E-state index contributed by atoms with van der Waals surface area (Å²) < 4.78 is 10.3. The smallest absolute Gasteiger partial charge is 0.0728 e. The van der Waals surface area contributed by atoms with Gasteiger partial charge in [0, 0.05) is 20.7 Å². The number of hydrogen-bond acceptors (Lipinski definition) is 3. The summed E-state index contributed by atoms with van der Waals surface area (Å²) in [5.41, 5.74) is 0. The summed E-state index contributed by atoms with van der Waals surface area (Å²) in [5, 5.41) is 18.6. The van der Waals surface area contributed by atoms with Gasteiger partial charge >= 0.3 is 0 Å². The molecule has 0 aliphatic carbocycles. The van der Waals surface area contributed by atoms with Crippen molar-refractivity contribution in [2.75, 3.05) is 13.2 Å². The molecule has 0 aliphatic heterocycles. The van der Waals surface area contributed by atoms with E-state index in [1.165, 1.54) is 10.7 Å². The van der Waals surface area contributed by atoms with E-state index >= 15 is 0 Å². The van der Waals surface area contributed by atoms with Crippen molar-refractivity contribution in [3.63, 3.8) is 0 Å². The van der Waals surface area contributed by atoms with Gasteiger partial charge in [-0.05, 0) is 0 Å². The van der Waals surface area contributed by atoms with Crippen LogP contribution >= 0.6 is 0 Å². The molecule has 2 N–H and O–H groups in total. The van der Waals surface area contributed by atoms with Crippen LogP contribution in [0.2, 0.25) is 0 Å². The Balaban J connectivity index is 3.99. The first-order valence-corrected chi connectivity index (χ1v) is 3.36. The summed E-state index contributed by atoms with van der Waals surface area (Å²) in [6.07, 6.45) is 0. The molecule has 0 spiro atoms. The van der Waals surface area contributed by atoms with Gasteiger partial charge in [-0.25, -0.2) is 4.21 Å². The lowest BCUT2D eigenvalue weighted by Gasteiger charge is -1.70. The minimum atomic E-state index is -1.27. The highest BCUT2D eigenvalue weighted by molar-refractivity contribution is 7.82. The van der Waals surface area contributed by atoms with Crippen LogP contribution < -0.4 is 0 Å². The molecule has 0 aromatic carbocycles. The number of aliphatic hydroxyl groups excluding tert-OH is 2. The second-order valence-corrected chi connectivity index (χ2v) is 2.35. The van der Waals surface area contributed by atoms with Crippen molar-refractivity contribution in [3.8, 4) is 0 Å². The summed E-state index contributed by atoms with van der Waals surface area (Å²) in [6.45, 7) is -0.438. The molecule has 0 fully saturated rings. The summed E-state index contributed by atoms with van der Waals surface area (Å²) >= 11 is 0. The van der Waals surface area contributed by atoms with Crippen LogP contribution in [0.3, 0.4) is 0 Å². The van der Waals surface area contributed by atoms with Crippen molar-refractivity contribution in [3.05, 3.63) is 0 Å². The standard InChI is InChI=1S/C4H8O3S/c5-1-3-8(7)4-2-6/h3-6H,1-2H2. The van der Waals surface area contributed by atoms with E-state index in [1.54, 1.807) is 0 Å². The SMILES string of the molecule is O=S(=CCO)=CCO. The summed E-state index contributed by atoms with van der Waals surface area (Å²) in [6, 6.07) is 0. The van der Waals surface area contributed by atoms with Crippen LogP contribution in [0.25, 0.3) is 0 Å². The molecule has 0 atom stereocenters. The van der Waals surface area contributed by atoms with Gasteiger partial charge in [-0.3, -0.25) is 0 Å². The highest BCUT2D eigenvalue weighted by atomic mass is 32.1. The summed E-state index contributed by atoms with van der Waals surface area (Å²) in [5.74, 6) is 0. The van der Waals surface area contributed by atoms with Gasteiger partial charge in [0.2, 0.25) is 0 Å². The van der Waals surface area contributed by atoms with Crippen LogP contribution in [-0.4, -0.2) is 38.4 Å². The van der Waals surface area contributed by atoms with Crippen LogP contribution in [-0.2, 0) is 9.98 Å². The van der Waals surface area contributed by atoms with E-state index in [-0.39, 0.29) is 13.2 Å². The average molecular weight is 136 g/mol. The highest BCUT2D eigenvalue weighted by Crippen LogP contribution is 1.47. The van der Waals surface area contributed by atoms with Crippen molar-refractivity contribution in [1.29, 1.82) is 0 Å². The van der Waals surface area contributed by atoms with Gasteiger partial charge in [-0.1, -0.05) is 0 Å². The highest BCUT2D eigenvalue weighted by Gasteiger charge is 1.66. The maximum atomic E-state index is 10.3. The topological polar surface area (TPSA) is 57.5 Å². The van der Waals surface area contributed by atoms with E-state index in [0.717, 1.165) is 0 Å². The molecule has 0 aromatic heterocycles.